The fraction of sp³-hybridized carbons (Fsp3) is 0.467. The highest BCUT2D eigenvalue weighted by atomic mass is 14.9. The Balaban J connectivity index is 1.86. The maximum absolute atomic E-state index is 5.71. The van der Waals surface area contributed by atoms with Gasteiger partial charge in [0.2, 0.25) is 0 Å². The zero-order valence-corrected chi connectivity index (χ0v) is 10.4. The first-order valence-electron chi connectivity index (χ1n) is 6.49. The Labute approximate surface area is 104 Å². The van der Waals surface area contributed by atoms with Crippen LogP contribution in [-0.4, -0.2) is 12.6 Å². The number of nitrogen functional groups attached to an aromatic ring is 1. The molecule has 2 nitrogen and oxygen atoms in total. The molecule has 3 N–H and O–H groups in total. The highest BCUT2D eigenvalue weighted by Gasteiger charge is 2.21. The van der Waals surface area contributed by atoms with E-state index in [1.54, 1.807) is 0 Å². The summed E-state index contributed by atoms with van der Waals surface area (Å²) < 4.78 is 0. The smallest absolute Gasteiger partial charge is 0.0314 e. The van der Waals surface area contributed by atoms with Gasteiger partial charge in [-0.3, -0.25) is 0 Å². The van der Waals surface area contributed by atoms with Gasteiger partial charge in [0.15, 0.2) is 0 Å². The molecule has 2 heteroatoms. The number of nitrogens with two attached hydrogens (primary N) is 1. The highest BCUT2D eigenvalue weighted by molar-refractivity contribution is 5.40. The average molecular weight is 230 g/mol. The molecule has 0 radical (unpaired) electrons. The molecule has 0 spiro atoms. The standard InChI is InChI=1S/C15H22N2/c1-2-11-17-15-9-5-13(6-10-15)12-3-7-14(16)8-4-12/h2-4,7-8,13,15,17H,1,5-6,9-11,16H2. The van der Waals surface area contributed by atoms with E-state index in [0.717, 1.165) is 18.2 Å². The van der Waals surface area contributed by atoms with E-state index >= 15 is 0 Å². The molecule has 0 heterocycles. The van der Waals surface area contributed by atoms with Crippen LogP contribution in [0.4, 0.5) is 5.69 Å². The predicted molar refractivity (Wildman–Crippen MR) is 74.1 cm³/mol. The Bertz CT molecular complexity index is 348. The lowest BCUT2D eigenvalue weighted by Crippen LogP contribution is -2.32. The van der Waals surface area contributed by atoms with E-state index in [1.807, 2.05) is 18.2 Å². The second kappa shape index (κ2) is 5.87. The minimum Gasteiger partial charge on any atom is -0.399 e. The van der Waals surface area contributed by atoms with Crippen LogP contribution in [0.5, 0.6) is 0 Å². The zero-order valence-electron chi connectivity index (χ0n) is 10.4. The minimum atomic E-state index is 0.679. The number of hydrogen-bond donors (Lipinski definition) is 2. The molecule has 17 heavy (non-hydrogen) atoms. The molecule has 0 bridgehead atoms. The Hall–Kier alpha value is -1.28. The summed E-state index contributed by atoms with van der Waals surface area (Å²) >= 11 is 0. The summed E-state index contributed by atoms with van der Waals surface area (Å²) in [7, 11) is 0. The van der Waals surface area contributed by atoms with Gasteiger partial charge in [0.05, 0.1) is 0 Å². The van der Waals surface area contributed by atoms with Gasteiger partial charge in [0.1, 0.15) is 0 Å². The van der Waals surface area contributed by atoms with Gasteiger partial charge < -0.3 is 11.1 Å². The highest BCUT2D eigenvalue weighted by Crippen LogP contribution is 2.33. The second-order valence-corrected chi connectivity index (χ2v) is 4.91. The van der Waals surface area contributed by atoms with Crippen LogP contribution in [0, 0.1) is 0 Å². The average Bonchev–Trinajstić information content (AvgIpc) is 2.38. The van der Waals surface area contributed by atoms with Gasteiger partial charge in [0.25, 0.3) is 0 Å². The predicted octanol–water partition coefficient (Wildman–Crippen LogP) is 3.07. The molecule has 2 rings (SSSR count). The van der Waals surface area contributed by atoms with E-state index in [-0.39, 0.29) is 0 Å². The second-order valence-electron chi connectivity index (χ2n) is 4.91. The summed E-state index contributed by atoms with van der Waals surface area (Å²) in [5, 5.41) is 3.51. The number of rotatable bonds is 4. The molecule has 1 aromatic carbocycles. The number of nitrogens with one attached hydrogen (secondary N) is 1. The molecule has 0 atom stereocenters. The van der Waals surface area contributed by atoms with Crippen LogP contribution in [0.15, 0.2) is 36.9 Å². The molecule has 0 unspecified atom stereocenters. The van der Waals surface area contributed by atoms with Gasteiger partial charge in [0, 0.05) is 18.3 Å². The summed E-state index contributed by atoms with van der Waals surface area (Å²) in [4.78, 5) is 0. The molecule has 1 saturated carbocycles. The molecule has 0 saturated heterocycles. The first-order valence-corrected chi connectivity index (χ1v) is 6.49. The van der Waals surface area contributed by atoms with E-state index in [4.69, 9.17) is 5.73 Å². The fourth-order valence-corrected chi connectivity index (χ4v) is 2.65. The monoisotopic (exact) mass is 230 g/mol. The molecule has 0 amide bonds. The van der Waals surface area contributed by atoms with Gasteiger partial charge >= 0.3 is 0 Å². The lowest BCUT2D eigenvalue weighted by atomic mass is 9.82. The van der Waals surface area contributed by atoms with Crippen molar-refractivity contribution in [2.75, 3.05) is 12.3 Å². The third-order valence-corrected chi connectivity index (χ3v) is 3.69. The van der Waals surface area contributed by atoms with E-state index < -0.39 is 0 Å². The third-order valence-electron chi connectivity index (χ3n) is 3.69. The van der Waals surface area contributed by atoms with Gasteiger partial charge in [-0.15, -0.1) is 6.58 Å². The van der Waals surface area contributed by atoms with Gasteiger partial charge in [-0.1, -0.05) is 18.2 Å². The third kappa shape index (κ3) is 3.34. The Kier molecular flexibility index (Phi) is 4.21. The lowest BCUT2D eigenvalue weighted by Gasteiger charge is -2.29. The number of anilines is 1. The Morgan fingerprint density at radius 3 is 2.41 bits per heavy atom. The van der Waals surface area contributed by atoms with E-state index in [2.05, 4.69) is 24.0 Å². The molecular formula is C15H22N2. The van der Waals surface area contributed by atoms with Crippen molar-refractivity contribution >= 4 is 5.69 Å². The molecule has 1 fully saturated rings. The van der Waals surface area contributed by atoms with Crippen LogP contribution in [0.3, 0.4) is 0 Å². The summed E-state index contributed by atoms with van der Waals surface area (Å²) in [5.41, 5.74) is 8.02. The van der Waals surface area contributed by atoms with Gasteiger partial charge in [-0.25, -0.2) is 0 Å². The molecule has 0 aliphatic heterocycles. The van der Waals surface area contributed by atoms with Crippen LogP contribution in [-0.2, 0) is 0 Å². The molecule has 1 aliphatic rings. The molecule has 1 aliphatic carbocycles. The first kappa shape index (κ1) is 12.2. The van der Waals surface area contributed by atoms with Crippen LogP contribution < -0.4 is 11.1 Å². The topological polar surface area (TPSA) is 38.0 Å². The van der Waals surface area contributed by atoms with Crippen molar-refractivity contribution in [1.29, 1.82) is 0 Å². The van der Waals surface area contributed by atoms with Crippen molar-refractivity contribution in [2.24, 2.45) is 0 Å². The largest absolute Gasteiger partial charge is 0.399 e. The van der Waals surface area contributed by atoms with Gasteiger partial charge in [-0.2, -0.15) is 0 Å². The van der Waals surface area contributed by atoms with Crippen LogP contribution in [0.25, 0.3) is 0 Å². The van der Waals surface area contributed by atoms with Crippen molar-refractivity contribution in [1.82, 2.24) is 5.32 Å². The molecular weight excluding hydrogens is 208 g/mol. The van der Waals surface area contributed by atoms with E-state index in [9.17, 15) is 0 Å². The Morgan fingerprint density at radius 2 is 1.82 bits per heavy atom. The van der Waals surface area contributed by atoms with Gasteiger partial charge in [-0.05, 0) is 49.3 Å². The summed E-state index contributed by atoms with van der Waals surface area (Å²) in [6, 6.07) is 9.06. The van der Waals surface area contributed by atoms with Crippen LogP contribution in [0.1, 0.15) is 37.2 Å². The van der Waals surface area contributed by atoms with E-state index in [0.29, 0.717) is 6.04 Å². The fourth-order valence-electron chi connectivity index (χ4n) is 2.65. The normalized spacial score (nSPS) is 24.5. The van der Waals surface area contributed by atoms with Crippen molar-refractivity contribution in [2.45, 2.75) is 37.6 Å². The zero-order chi connectivity index (χ0) is 12.1. The number of hydrogen-bond acceptors (Lipinski definition) is 2. The van der Waals surface area contributed by atoms with Crippen LogP contribution in [0.2, 0.25) is 0 Å². The summed E-state index contributed by atoms with van der Waals surface area (Å²) in [6.07, 6.45) is 7.02. The summed E-state index contributed by atoms with van der Waals surface area (Å²) in [6.45, 7) is 4.67. The van der Waals surface area contributed by atoms with Crippen LogP contribution >= 0.6 is 0 Å². The van der Waals surface area contributed by atoms with Crippen molar-refractivity contribution in [3.05, 3.63) is 42.5 Å². The maximum atomic E-state index is 5.71. The minimum absolute atomic E-state index is 0.679. The van der Waals surface area contributed by atoms with Crippen molar-refractivity contribution in [3.63, 3.8) is 0 Å². The molecule has 1 aromatic rings. The van der Waals surface area contributed by atoms with E-state index in [1.165, 1.54) is 31.2 Å². The quantitative estimate of drug-likeness (QED) is 0.616. The summed E-state index contributed by atoms with van der Waals surface area (Å²) in [5.74, 6) is 0.720. The Morgan fingerprint density at radius 1 is 1.18 bits per heavy atom. The molecule has 92 valence electrons. The SMILES string of the molecule is C=CCNC1CCC(c2ccc(N)cc2)CC1. The number of benzene rings is 1. The lowest BCUT2D eigenvalue weighted by molar-refractivity contribution is 0.351. The molecule has 0 aromatic heterocycles. The first-order chi connectivity index (χ1) is 8.29. The van der Waals surface area contributed by atoms with Crippen molar-refractivity contribution < 1.29 is 0 Å². The van der Waals surface area contributed by atoms with Crippen molar-refractivity contribution in [3.8, 4) is 0 Å². The maximum Gasteiger partial charge on any atom is 0.0314 e.